The summed E-state index contributed by atoms with van der Waals surface area (Å²) in [7, 11) is 4.31. The van der Waals surface area contributed by atoms with E-state index in [0.29, 0.717) is 29.7 Å². The van der Waals surface area contributed by atoms with E-state index in [0.717, 1.165) is 32.4 Å². The van der Waals surface area contributed by atoms with Gasteiger partial charge < -0.3 is 9.80 Å². The Morgan fingerprint density at radius 3 is 2.33 bits per heavy atom. The molecular weight excluding hydrogens is 260 g/mol. The molecule has 0 N–H and O–H groups in total. The second-order valence-electron chi connectivity index (χ2n) is 7.46. The van der Waals surface area contributed by atoms with E-state index >= 15 is 0 Å². The first kappa shape index (κ1) is 16.8. The lowest BCUT2D eigenvalue weighted by Crippen LogP contribution is -2.48. The maximum Gasteiger partial charge on any atom is 0.225 e. The summed E-state index contributed by atoms with van der Waals surface area (Å²) in [6, 6.07) is 0.658. The normalized spacial score (nSPS) is 29.7. The molecule has 2 rings (SSSR count). The van der Waals surface area contributed by atoms with Gasteiger partial charge >= 0.3 is 0 Å². The highest BCUT2D eigenvalue weighted by atomic mass is 16.2. The van der Waals surface area contributed by atoms with Gasteiger partial charge in [-0.25, -0.2) is 0 Å². The van der Waals surface area contributed by atoms with E-state index in [9.17, 15) is 4.79 Å². The summed E-state index contributed by atoms with van der Waals surface area (Å²) in [5.41, 5.74) is 0. The van der Waals surface area contributed by atoms with Crippen molar-refractivity contribution < 1.29 is 4.79 Å². The zero-order valence-corrected chi connectivity index (χ0v) is 14.5. The Morgan fingerprint density at radius 2 is 1.76 bits per heavy atom. The van der Waals surface area contributed by atoms with E-state index in [1.54, 1.807) is 0 Å². The van der Waals surface area contributed by atoms with Crippen LogP contribution in [0.4, 0.5) is 0 Å². The van der Waals surface area contributed by atoms with Crippen LogP contribution in [0, 0.1) is 17.8 Å². The Kier molecular flexibility index (Phi) is 6.09. The number of likely N-dealkylation sites (tertiary alicyclic amines) is 1. The van der Waals surface area contributed by atoms with E-state index in [4.69, 9.17) is 0 Å². The monoisotopic (exact) mass is 294 g/mol. The van der Waals surface area contributed by atoms with E-state index in [-0.39, 0.29) is 0 Å². The molecule has 3 unspecified atom stereocenters. The van der Waals surface area contributed by atoms with Crippen LogP contribution in [0.2, 0.25) is 0 Å². The van der Waals surface area contributed by atoms with Crippen molar-refractivity contribution in [2.45, 2.75) is 64.8 Å². The SMILES string of the molecule is CCC(C)C1CCCCC1C(=O)N1CCC(N(C)C)CC1. The first-order chi connectivity index (χ1) is 10.0. The fourth-order valence-corrected chi connectivity index (χ4v) is 4.29. The Morgan fingerprint density at radius 1 is 1.14 bits per heavy atom. The molecular formula is C18H34N2O. The lowest BCUT2D eigenvalue weighted by atomic mass is 9.71. The molecule has 3 nitrogen and oxygen atoms in total. The molecule has 0 spiro atoms. The fraction of sp³-hybridized carbons (Fsp3) is 0.944. The van der Waals surface area contributed by atoms with E-state index in [1.165, 1.54) is 25.7 Å². The average molecular weight is 294 g/mol. The van der Waals surface area contributed by atoms with Crippen molar-refractivity contribution in [3.63, 3.8) is 0 Å². The number of carbonyl (C=O) groups is 1. The van der Waals surface area contributed by atoms with Gasteiger partial charge in [-0.15, -0.1) is 0 Å². The van der Waals surface area contributed by atoms with Crippen molar-refractivity contribution in [3.8, 4) is 0 Å². The van der Waals surface area contributed by atoms with Crippen LogP contribution >= 0.6 is 0 Å². The molecule has 21 heavy (non-hydrogen) atoms. The highest BCUT2D eigenvalue weighted by Crippen LogP contribution is 2.38. The second kappa shape index (κ2) is 7.62. The summed E-state index contributed by atoms with van der Waals surface area (Å²) in [5.74, 6) is 2.10. The highest BCUT2D eigenvalue weighted by Gasteiger charge is 2.37. The molecule has 1 amide bonds. The van der Waals surface area contributed by atoms with Crippen molar-refractivity contribution in [1.29, 1.82) is 0 Å². The minimum Gasteiger partial charge on any atom is -0.342 e. The summed E-state index contributed by atoms with van der Waals surface area (Å²) in [5, 5.41) is 0. The molecule has 0 radical (unpaired) electrons. The van der Waals surface area contributed by atoms with E-state index < -0.39 is 0 Å². The van der Waals surface area contributed by atoms with Gasteiger partial charge in [-0.1, -0.05) is 33.1 Å². The van der Waals surface area contributed by atoms with Crippen molar-refractivity contribution in [3.05, 3.63) is 0 Å². The maximum absolute atomic E-state index is 13.0. The van der Waals surface area contributed by atoms with Crippen LogP contribution in [-0.2, 0) is 4.79 Å². The van der Waals surface area contributed by atoms with Gasteiger partial charge in [-0.05, 0) is 51.6 Å². The number of nitrogens with zero attached hydrogens (tertiary/aromatic N) is 2. The maximum atomic E-state index is 13.0. The van der Waals surface area contributed by atoms with Gasteiger partial charge in [0.15, 0.2) is 0 Å². The lowest BCUT2D eigenvalue weighted by molar-refractivity contribution is -0.141. The Balaban J connectivity index is 1.95. The molecule has 1 saturated heterocycles. The zero-order valence-electron chi connectivity index (χ0n) is 14.5. The minimum atomic E-state index is 0.310. The van der Waals surface area contributed by atoms with Crippen LogP contribution in [-0.4, -0.2) is 48.9 Å². The van der Waals surface area contributed by atoms with Gasteiger partial charge in [0, 0.05) is 25.0 Å². The topological polar surface area (TPSA) is 23.6 Å². The van der Waals surface area contributed by atoms with Crippen molar-refractivity contribution in [1.82, 2.24) is 9.80 Å². The third-order valence-corrected chi connectivity index (χ3v) is 6.02. The van der Waals surface area contributed by atoms with Crippen LogP contribution in [0.1, 0.15) is 58.8 Å². The first-order valence-electron chi connectivity index (χ1n) is 8.99. The first-order valence-corrected chi connectivity index (χ1v) is 8.99. The Bertz CT molecular complexity index is 334. The van der Waals surface area contributed by atoms with Crippen LogP contribution in [0.3, 0.4) is 0 Å². The molecule has 0 aromatic rings. The summed E-state index contributed by atoms with van der Waals surface area (Å²) >= 11 is 0. The fourth-order valence-electron chi connectivity index (χ4n) is 4.29. The minimum absolute atomic E-state index is 0.310. The predicted molar refractivity (Wildman–Crippen MR) is 88.2 cm³/mol. The van der Waals surface area contributed by atoms with Gasteiger partial charge in [-0.2, -0.15) is 0 Å². The smallest absolute Gasteiger partial charge is 0.225 e. The third kappa shape index (κ3) is 4.00. The van der Waals surface area contributed by atoms with Crippen LogP contribution < -0.4 is 0 Å². The molecule has 2 aliphatic rings. The molecule has 0 aromatic heterocycles. The highest BCUT2D eigenvalue weighted by molar-refractivity contribution is 5.79. The Hall–Kier alpha value is -0.570. The third-order valence-electron chi connectivity index (χ3n) is 6.02. The summed E-state index contributed by atoms with van der Waals surface area (Å²) < 4.78 is 0. The molecule has 2 fully saturated rings. The number of piperidine rings is 1. The molecule has 122 valence electrons. The van der Waals surface area contributed by atoms with E-state index in [1.807, 2.05) is 0 Å². The molecule has 3 atom stereocenters. The number of carbonyl (C=O) groups excluding carboxylic acids is 1. The van der Waals surface area contributed by atoms with Crippen molar-refractivity contribution in [2.24, 2.45) is 17.8 Å². The van der Waals surface area contributed by atoms with Crippen molar-refractivity contribution >= 4 is 5.91 Å². The van der Waals surface area contributed by atoms with Gasteiger partial charge in [0.2, 0.25) is 5.91 Å². The predicted octanol–water partition coefficient (Wildman–Crippen LogP) is 3.39. The second-order valence-corrected chi connectivity index (χ2v) is 7.46. The van der Waals surface area contributed by atoms with E-state index in [2.05, 4.69) is 37.7 Å². The molecule has 0 bridgehead atoms. The Labute approximate surface area is 131 Å². The van der Waals surface area contributed by atoms with Gasteiger partial charge in [0.1, 0.15) is 0 Å². The number of amides is 1. The molecule has 3 heteroatoms. The summed E-state index contributed by atoms with van der Waals surface area (Å²) in [6.07, 6.45) is 8.44. The zero-order chi connectivity index (χ0) is 15.4. The van der Waals surface area contributed by atoms with Crippen molar-refractivity contribution in [2.75, 3.05) is 27.2 Å². The molecule has 0 aromatic carbocycles. The van der Waals surface area contributed by atoms with Crippen LogP contribution in [0.5, 0.6) is 0 Å². The van der Waals surface area contributed by atoms with Crippen LogP contribution in [0.15, 0.2) is 0 Å². The number of hydrogen-bond acceptors (Lipinski definition) is 2. The molecule has 1 aliphatic heterocycles. The summed E-state index contributed by atoms with van der Waals surface area (Å²) in [4.78, 5) is 17.5. The van der Waals surface area contributed by atoms with Gasteiger partial charge in [-0.3, -0.25) is 4.79 Å². The largest absolute Gasteiger partial charge is 0.342 e. The molecule has 1 saturated carbocycles. The van der Waals surface area contributed by atoms with Gasteiger partial charge in [0.05, 0.1) is 0 Å². The summed E-state index contributed by atoms with van der Waals surface area (Å²) in [6.45, 7) is 6.54. The average Bonchev–Trinajstić information content (AvgIpc) is 2.53. The molecule has 1 aliphatic carbocycles. The number of hydrogen-bond donors (Lipinski definition) is 0. The number of rotatable bonds is 4. The lowest BCUT2D eigenvalue weighted by Gasteiger charge is -2.41. The molecule has 1 heterocycles. The van der Waals surface area contributed by atoms with Gasteiger partial charge in [0.25, 0.3) is 0 Å². The quantitative estimate of drug-likeness (QED) is 0.793. The standard InChI is InChI=1S/C18H34N2O/c1-5-14(2)16-8-6-7-9-17(16)18(21)20-12-10-15(11-13-20)19(3)4/h14-17H,5-13H2,1-4H3. The van der Waals surface area contributed by atoms with Crippen LogP contribution in [0.25, 0.3) is 0 Å².